The molecular formula is C22H24BrN5O2S. The fourth-order valence-electron chi connectivity index (χ4n) is 2.94. The Labute approximate surface area is 194 Å². The van der Waals surface area contributed by atoms with Crippen LogP contribution in [0.2, 0.25) is 0 Å². The summed E-state index contributed by atoms with van der Waals surface area (Å²) < 4.78 is 2.70. The van der Waals surface area contributed by atoms with Crippen molar-refractivity contribution in [2.24, 2.45) is 0 Å². The molecule has 0 bridgehead atoms. The standard InChI is InChI=1S/C22H24BrN5O2S/c1-4-28-19(12-20(29)24-16-8-6-5-7-9-16)26-27-22(28)31-13-21(30)25-18-11-15(3)14(2)10-17(18)23/h5-11H,4,12-13H2,1-3H3,(H,24,29)(H,25,30). The van der Waals surface area contributed by atoms with Gasteiger partial charge in [-0.3, -0.25) is 9.59 Å². The van der Waals surface area contributed by atoms with Crippen LogP contribution in [0, 0.1) is 13.8 Å². The van der Waals surface area contributed by atoms with E-state index in [1.54, 1.807) is 0 Å². The first-order valence-electron chi connectivity index (χ1n) is 9.83. The number of amides is 2. The molecule has 0 aliphatic rings. The molecule has 1 aromatic heterocycles. The number of hydrogen-bond donors (Lipinski definition) is 2. The van der Waals surface area contributed by atoms with Crippen LogP contribution in [0.5, 0.6) is 0 Å². The van der Waals surface area contributed by atoms with Gasteiger partial charge in [0.25, 0.3) is 0 Å². The summed E-state index contributed by atoms with van der Waals surface area (Å²) in [6, 6.07) is 13.2. The molecule has 1 heterocycles. The number of nitrogens with one attached hydrogen (secondary N) is 2. The maximum atomic E-state index is 12.4. The number of nitrogens with zero attached hydrogens (tertiary/aromatic N) is 3. The molecule has 3 aromatic rings. The van der Waals surface area contributed by atoms with E-state index in [9.17, 15) is 9.59 Å². The fraction of sp³-hybridized carbons (Fsp3) is 0.273. The molecule has 7 nitrogen and oxygen atoms in total. The summed E-state index contributed by atoms with van der Waals surface area (Å²) in [4.78, 5) is 24.8. The molecule has 31 heavy (non-hydrogen) atoms. The van der Waals surface area contributed by atoms with Crippen LogP contribution in [0.15, 0.2) is 52.1 Å². The highest BCUT2D eigenvalue weighted by Gasteiger charge is 2.16. The van der Waals surface area contributed by atoms with Gasteiger partial charge in [0.1, 0.15) is 5.82 Å². The van der Waals surface area contributed by atoms with Crippen LogP contribution >= 0.6 is 27.7 Å². The van der Waals surface area contributed by atoms with Gasteiger partial charge in [-0.05, 0) is 72.1 Å². The van der Waals surface area contributed by atoms with E-state index in [2.05, 4.69) is 36.8 Å². The average molecular weight is 502 g/mol. The van der Waals surface area contributed by atoms with Gasteiger partial charge in [-0.2, -0.15) is 0 Å². The molecule has 0 radical (unpaired) electrons. The van der Waals surface area contributed by atoms with Crippen LogP contribution in [-0.2, 0) is 22.6 Å². The minimum atomic E-state index is -0.165. The van der Waals surface area contributed by atoms with Gasteiger partial charge in [-0.1, -0.05) is 30.0 Å². The molecule has 0 aliphatic carbocycles. The molecule has 0 fully saturated rings. The molecule has 162 valence electrons. The first-order chi connectivity index (χ1) is 14.9. The van der Waals surface area contributed by atoms with Gasteiger partial charge in [-0.15, -0.1) is 10.2 Å². The first-order valence-corrected chi connectivity index (χ1v) is 11.6. The molecule has 9 heteroatoms. The number of thioether (sulfide) groups is 1. The first kappa shape index (κ1) is 23.0. The zero-order valence-electron chi connectivity index (χ0n) is 17.6. The van der Waals surface area contributed by atoms with Gasteiger partial charge in [0.2, 0.25) is 11.8 Å². The van der Waals surface area contributed by atoms with Crippen LogP contribution in [0.3, 0.4) is 0 Å². The SMILES string of the molecule is CCn1c(CC(=O)Nc2ccccc2)nnc1SCC(=O)Nc1cc(C)c(C)cc1Br. The van der Waals surface area contributed by atoms with Crippen molar-refractivity contribution in [1.82, 2.24) is 14.8 Å². The molecule has 0 unspecified atom stereocenters. The Morgan fingerprint density at radius 3 is 2.45 bits per heavy atom. The van der Waals surface area contributed by atoms with Crippen molar-refractivity contribution in [2.45, 2.75) is 38.9 Å². The number of halogens is 1. The third kappa shape index (κ3) is 6.18. The zero-order valence-corrected chi connectivity index (χ0v) is 20.0. The second kappa shape index (κ2) is 10.6. The molecule has 0 saturated carbocycles. The highest BCUT2D eigenvalue weighted by Crippen LogP contribution is 2.26. The highest BCUT2D eigenvalue weighted by atomic mass is 79.9. The number of anilines is 2. The lowest BCUT2D eigenvalue weighted by molar-refractivity contribution is -0.116. The van der Waals surface area contributed by atoms with Crippen LogP contribution in [0.1, 0.15) is 23.9 Å². The second-order valence-corrected chi connectivity index (χ2v) is 8.78. The summed E-state index contributed by atoms with van der Waals surface area (Å²) >= 11 is 4.79. The number of carbonyl (C=O) groups excluding carboxylic acids is 2. The third-order valence-electron chi connectivity index (χ3n) is 4.68. The highest BCUT2D eigenvalue weighted by molar-refractivity contribution is 9.10. The Hall–Kier alpha value is -2.65. The number of rotatable bonds is 8. The van der Waals surface area contributed by atoms with E-state index >= 15 is 0 Å². The van der Waals surface area contributed by atoms with E-state index in [1.807, 2.05) is 67.8 Å². The topological polar surface area (TPSA) is 88.9 Å². The average Bonchev–Trinajstić information content (AvgIpc) is 3.12. The minimum Gasteiger partial charge on any atom is -0.326 e. The quantitative estimate of drug-likeness (QED) is 0.440. The molecule has 0 saturated heterocycles. The Morgan fingerprint density at radius 2 is 1.74 bits per heavy atom. The second-order valence-electron chi connectivity index (χ2n) is 6.99. The lowest BCUT2D eigenvalue weighted by atomic mass is 10.1. The summed E-state index contributed by atoms with van der Waals surface area (Å²) in [6.07, 6.45) is 0.109. The summed E-state index contributed by atoms with van der Waals surface area (Å²) in [5.41, 5.74) is 3.73. The smallest absolute Gasteiger partial charge is 0.234 e. The lowest BCUT2D eigenvalue weighted by Gasteiger charge is -2.11. The normalized spacial score (nSPS) is 10.7. The molecule has 2 amide bonds. The van der Waals surface area contributed by atoms with E-state index in [0.29, 0.717) is 17.5 Å². The van der Waals surface area contributed by atoms with Crippen LogP contribution in [0.4, 0.5) is 11.4 Å². The van der Waals surface area contributed by atoms with Crippen LogP contribution in [-0.4, -0.2) is 32.3 Å². The van der Waals surface area contributed by atoms with Crippen molar-refractivity contribution in [3.63, 3.8) is 0 Å². The van der Waals surface area contributed by atoms with Gasteiger partial charge in [0.15, 0.2) is 5.16 Å². The predicted octanol–water partition coefficient (Wildman–Crippen LogP) is 4.59. The lowest BCUT2D eigenvalue weighted by Crippen LogP contribution is -2.18. The summed E-state index contributed by atoms with van der Waals surface area (Å²) in [5.74, 6) is 0.453. The van der Waals surface area contributed by atoms with Gasteiger partial charge in [0.05, 0.1) is 17.9 Å². The number of aromatic nitrogens is 3. The Bertz CT molecular complexity index is 1090. The summed E-state index contributed by atoms with van der Waals surface area (Å²) in [6.45, 7) is 6.59. The van der Waals surface area contributed by atoms with Gasteiger partial charge in [0, 0.05) is 16.7 Å². The number of para-hydroxylation sites is 1. The Balaban J connectivity index is 1.59. The maximum absolute atomic E-state index is 12.4. The van der Waals surface area contributed by atoms with E-state index in [1.165, 1.54) is 11.8 Å². The summed E-state index contributed by atoms with van der Waals surface area (Å²) in [7, 11) is 0. The van der Waals surface area contributed by atoms with Crippen molar-refractivity contribution < 1.29 is 9.59 Å². The summed E-state index contributed by atoms with van der Waals surface area (Å²) in [5, 5.41) is 14.7. The number of aryl methyl sites for hydroxylation is 2. The van der Waals surface area contributed by atoms with Crippen LogP contribution < -0.4 is 10.6 Å². The van der Waals surface area contributed by atoms with Gasteiger partial charge >= 0.3 is 0 Å². The number of hydrogen-bond acceptors (Lipinski definition) is 5. The van der Waals surface area contributed by atoms with Crippen LogP contribution in [0.25, 0.3) is 0 Å². The Morgan fingerprint density at radius 1 is 1.03 bits per heavy atom. The molecular weight excluding hydrogens is 478 g/mol. The van der Waals surface area contributed by atoms with Gasteiger partial charge in [-0.25, -0.2) is 0 Å². The van der Waals surface area contributed by atoms with Crippen molar-refractivity contribution in [3.05, 3.63) is 63.9 Å². The largest absolute Gasteiger partial charge is 0.326 e. The molecule has 2 aromatic carbocycles. The van der Waals surface area contributed by atoms with E-state index in [4.69, 9.17) is 0 Å². The van der Waals surface area contributed by atoms with E-state index in [0.717, 1.165) is 27.0 Å². The van der Waals surface area contributed by atoms with Crippen molar-refractivity contribution in [3.8, 4) is 0 Å². The molecule has 3 rings (SSSR count). The molecule has 0 spiro atoms. The molecule has 0 aliphatic heterocycles. The molecule has 2 N–H and O–H groups in total. The van der Waals surface area contributed by atoms with E-state index in [-0.39, 0.29) is 24.0 Å². The predicted molar refractivity (Wildman–Crippen MR) is 127 cm³/mol. The van der Waals surface area contributed by atoms with E-state index < -0.39 is 0 Å². The zero-order chi connectivity index (χ0) is 22.4. The third-order valence-corrected chi connectivity index (χ3v) is 6.30. The Kier molecular flexibility index (Phi) is 7.86. The molecule has 0 atom stereocenters. The van der Waals surface area contributed by atoms with Gasteiger partial charge < -0.3 is 15.2 Å². The van der Waals surface area contributed by atoms with Crippen molar-refractivity contribution in [1.29, 1.82) is 0 Å². The number of benzene rings is 2. The maximum Gasteiger partial charge on any atom is 0.234 e. The minimum absolute atomic E-state index is 0.109. The number of carbonyl (C=O) groups is 2. The van der Waals surface area contributed by atoms with Crippen molar-refractivity contribution >= 4 is 50.9 Å². The monoisotopic (exact) mass is 501 g/mol. The van der Waals surface area contributed by atoms with Crippen molar-refractivity contribution in [2.75, 3.05) is 16.4 Å². The fourth-order valence-corrected chi connectivity index (χ4v) is 4.32.